The Balaban J connectivity index is 1.16. The van der Waals surface area contributed by atoms with Gasteiger partial charge in [-0.05, 0) is 122 Å². The van der Waals surface area contributed by atoms with Crippen molar-refractivity contribution in [1.29, 1.82) is 0 Å². The van der Waals surface area contributed by atoms with Crippen molar-refractivity contribution < 1.29 is 0 Å². The first kappa shape index (κ1) is 34.0. The number of benzene rings is 10. The van der Waals surface area contributed by atoms with Gasteiger partial charge in [0.25, 0.3) is 0 Å². The molecule has 10 aromatic carbocycles. The fraction of sp³-hybridized carbons (Fsp3) is 0.0175. The van der Waals surface area contributed by atoms with Crippen molar-refractivity contribution in [3.63, 3.8) is 0 Å². The molecular formula is C57H39N. The van der Waals surface area contributed by atoms with E-state index >= 15 is 0 Å². The first-order valence-corrected chi connectivity index (χ1v) is 20.1. The van der Waals surface area contributed by atoms with Gasteiger partial charge in [-0.3, -0.25) is 0 Å². The third kappa shape index (κ3) is 5.59. The van der Waals surface area contributed by atoms with E-state index in [0.717, 1.165) is 5.56 Å². The number of rotatable bonds is 7. The Labute approximate surface area is 339 Å². The van der Waals surface area contributed by atoms with Crippen molar-refractivity contribution in [1.82, 2.24) is 0 Å². The highest BCUT2D eigenvalue weighted by Crippen LogP contribution is 2.58. The first-order valence-electron chi connectivity index (χ1n) is 20.1. The van der Waals surface area contributed by atoms with Gasteiger partial charge in [-0.15, -0.1) is 0 Å². The summed E-state index contributed by atoms with van der Waals surface area (Å²) >= 11 is 0. The highest BCUT2D eigenvalue weighted by atomic mass is 14.5. The number of hydrogen-bond acceptors (Lipinski definition) is 1. The second kappa shape index (κ2) is 14.0. The van der Waals surface area contributed by atoms with E-state index in [0.29, 0.717) is 6.54 Å². The molecule has 11 rings (SSSR count). The van der Waals surface area contributed by atoms with Crippen LogP contribution in [0.5, 0.6) is 0 Å². The quantitative estimate of drug-likeness (QED) is 0.173. The average molecular weight is 738 g/mol. The monoisotopic (exact) mass is 737 g/mol. The van der Waals surface area contributed by atoms with Gasteiger partial charge < -0.3 is 5.73 Å². The number of fused-ring (bicyclic) bond motifs is 4. The fourth-order valence-electron chi connectivity index (χ4n) is 9.27. The lowest BCUT2D eigenvalue weighted by Gasteiger charge is -2.21. The van der Waals surface area contributed by atoms with E-state index < -0.39 is 0 Å². The van der Waals surface area contributed by atoms with Crippen molar-refractivity contribution in [3.8, 4) is 89.0 Å². The summed E-state index contributed by atoms with van der Waals surface area (Å²) in [6.07, 6.45) is 0. The highest BCUT2D eigenvalue weighted by Gasteiger charge is 2.31. The number of nitrogens with two attached hydrogens (primary N) is 1. The second-order valence-corrected chi connectivity index (χ2v) is 15.3. The lowest BCUT2D eigenvalue weighted by atomic mass is 9.82. The van der Waals surface area contributed by atoms with Crippen LogP contribution in [0.4, 0.5) is 0 Å². The molecule has 0 aromatic heterocycles. The molecule has 1 aliphatic rings. The van der Waals surface area contributed by atoms with Gasteiger partial charge in [-0.25, -0.2) is 0 Å². The Morgan fingerprint density at radius 2 is 0.655 bits per heavy atom. The van der Waals surface area contributed by atoms with Crippen LogP contribution in [0.1, 0.15) is 5.56 Å². The normalized spacial score (nSPS) is 11.6. The molecule has 0 amide bonds. The summed E-state index contributed by atoms with van der Waals surface area (Å²) in [4.78, 5) is 0. The fourth-order valence-corrected chi connectivity index (χ4v) is 9.27. The molecule has 1 aliphatic carbocycles. The van der Waals surface area contributed by atoms with E-state index in [1.165, 1.54) is 111 Å². The molecule has 0 unspecified atom stereocenters. The summed E-state index contributed by atoms with van der Waals surface area (Å²) in [5, 5.41) is 5.09. The van der Waals surface area contributed by atoms with E-state index in [9.17, 15) is 0 Å². The maximum Gasteiger partial charge on any atom is 0.0178 e. The summed E-state index contributed by atoms with van der Waals surface area (Å²) in [6.45, 7) is 0.542. The molecule has 0 atom stereocenters. The maximum absolute atomic E-state index is 5.92. The van der Waals surface area contributed by atoms with Crippen LogP contribution >= 0.6 is 0 Å². The van der Waals surface area contributed by atoms with E-state index in [1.807, 2.05) is 0 Å². The molecule has 0 heterocycles. The average Bonchev–Trinajstić information content (AvgIpc) is 3.63. The minimum atomic E-state index is 0.542. The van der Waals surface area contributed by atoms with E-state index in [2.05, 4.69) is 212 Å². The van der Waals surface area contributed by atoms with Gasteiger partial charge in [0.1, 0.15) is 0 Å². The minimum absolute atomic E-state index is 0.542. The van der Waals surface area contributed by atoms with Gasteiger partial charge in [0.05, 0.1) is 0 Å². The zero-order chi connectivity index (χ0) is 38.6. The summed E-state index contributed by atoms with van der Waals surface area (Å²) in [5.41, 5.74) is 26.9. The van der Waals surface area contributed by atoms with Crippen molar-refractivity contribution in [3.05, 3.63) is 218 Å². The molecule has 58 heavy (non-hydrogen) atoms. The third-order valence-corrected chi connectivity index (χ3v) is 12.1. The molecule has 0 aliphatic heterocycles. The molecule has 1 heteroatoms. The SMILES string of the molecule is NCc1ccc(-c2cccc(-c3ccc4c5c(cccc35)-c3c-4c(-c4ccc(-c5ccccc5)cc4)c4ccccc4c3-c3ccc(-c4ccccc4)cc3)c2)cc1. The maximum atomic E-state index is 5.92. The zero-order valence-electron chi connectivity index (χ0n) is 32.0. The summed E-state index contributed by atoms with van der Waals surface area (Å²) in [5.74, 6) is 0. The summed E-state index contributed by atoms with van der Waals surface area (Å²) in [7, 11) is 0. The first-order chi connectivity index (χ1) is 28.7. The van der Waals surface area contributed by atoms with Crippen LogP contribution in [-0.4, -0.2) is 0 Å². The van der Waals surface area contributed by atoms with E-state index in [4.69, 9.17) is 5.73 Å². The van der Waals surface area contributed by atoms with Gasteiger partial charge >= 0.3 is 0 Å². The molecular weight excluding hydrogens is 699 g/mol. The lowest BCUT2D eigenvalue weighted by molar-refractivity contribution is 1.07. The highest BCUT2D eigenvalue weighted by molar-refractivity contribution is 6.28. The Bertz CT molecular complexity index is 3010. The standard InChI is InChI=1S/C57H39N/c58-36-37-21-23-42(24-22-37)45-15-9-16-46(35-45)47-33-34-52-55-48(47)19-10-20-51(55)56-53(43-29-25-40(26-30-43)38-11-3-1-4-12-38)49-17-7-8-18-50(49)54(57(52)56)44-31-27-41(28-32-44)39-13-5-2-6-14-39/h1-35H,36,58H2. The molecule has 0 saturated heterocycles. The topological polar surface area (TPSA) is 26.0 Å². The lowest BCUT2D eigenvalue weighted by Crippen LogP contribution is -1.95. The van der Waals surface area contributed by atoms with Crippen molar-refractivity contribution in [2.75, 3.05) is 0 Å². The van der Waals surface area contributed by atoms with E-state index in [1.54, 1.807) is 0 Å². The van der Waals surface area contributed by atoms with Crippen LogP contribution in [0.3, 0.4) is 0 Å². The van der Waals surface area contributed by atoms with Gasteiger partial charge in [0.2, 0.25) is 0 Å². The van der Waals surface area contributed by atoms with Crippen molar-refractivity contribution in [2.24, 2.45) is 5.73 Å². The van der Waals surface area contributed by atoms with Crippen LogP contribution in [0.15, 0.2) is 212 Å². The minimum Gasteiger partial charge on any atom is -0.326 e. The van der Waals surface area contributed by atoms with E-state index in [-0.39, 0.29) is 0 Å². The Hall–Kier alpha value is -7.32. The van der Waals surface area contributed by atoms with Crippen molar-refractivity contribution >= 4 is 21.5 Å². The van der Waals surface area contributed by atoms with Crippen molar-refractivity contribution in [2.45, 2.75) is 6.54 Å². The zero-order valence-corrected chi connectivity index (χ0v) is 32.0. The van der Waals surface area contributed by atoms with Gasteiger partial charge in [0, 0.05) is 6.54 Å². The van der Waals surface area contributed by atoms with Crippen LogP contribution in [0, 0.1) is 0 Å². The van der Waals surface area contributed by atoms with Crippen LogP contribution in [0.25, 0.3) is 111 Å². The smallest absolute Gasteiger partial charge is 0.0178 e. The summed E-state index contributed by atoms with van der Waals surface area (Å²) in [6, 6.07) is 77.9. The molecule has 0 spiro atoms. The Morgan fingerprint density at radius 3 is 1.22 bits per heavy atom. The molecule has 272 valence electrons. The van der Waals surface area contributed by atoms with Crippen LogP contribution in [-0.2, 0) is 6.54 Å². The molecule has 0 saturated carbocycles. The molecule has 0 fully saturated rings. The molecule has 1 nitrogen and oxygen atoms in total. The molecule has 10 aromatic rings. The molecule has 2 N–H and O–H groups in total. The molecule has 0 bridgehead atoms. The van der Waals surface area contributed by atoms with Crippen LogP contribution < -0.4 is 5.73 Å². The second-order valence-electron chi connectivity index (χ2n) is 15.3. The predicted molar refractivity (Wildman–Crippen MR) is 246 cm³/mol. The van der Waals surface area contributed by atoms with Gasteiger partial charge in [-0.1, -0.05) is 206 Å². The summed E-state index contributed by atoms with van der Waals surface area (Å²) < 4.78 is 0. The third-order valence-electron chi connectivity index (χ3n) is 12.1. The number of hydrogen-bond donors (Lipinski definition) is 1. The van der Waals surface area contributed by atoms with Crippen LogP contribution in [0.2, 0.25) is 0 Å². The predicted octanol–water partition coefficient (Wildman–Crippen LogP) is 15.1. The van der Waals surface area contributed by atoms with Gasteiger partial charge in [-0.2, -0.15) is 0 Å². The largest absolute Gasteiger partial charge is 0.326 e. The Kier molecular flexibility index (Phi) is 8.20. The molecule has 0 radical (unpaired) electrons. The van der Waals surface area contributed by atoms with Gasteiger partial charge in [0.15, 0.2) is 0 Å². The Morgan fingerprint density at radius 1 is 0.259 bits per heavy atom.